The van der Waals surface area contributed by atoms with Gasteiger partial charge in [-0.05, 0) is 31.0 Å². The predicted octanol–water partition coefficient (Wildman–Crippen LogP) is 2.93. The monoisotopic (exact) mass is 387 g/mol. The lowest BCUT2D eigenvalue weighted by Gasteiger charge is -2.24. The molecule has 138 valence electrons. The summed E-state index contributed by atoms with van der Waals surface area (Å²) in [5, 5.41) is 0.948. The zero-order chi connectivity index (χ0) is 18.4. The van der Waals surface area contributed by atoms with Crippen LogP contribution in [0.15, 0.2) is 0 Å². The maximum absolute atomic E-state index is 12.2. The predicted molar refractivity (Wildman–Crippen MR) is 99.1 cm³/mol. The molecule has 0 unspecified atom stereocenters. The maximum atomic E-state index is 12.2. The van der Waals surface area contributed by atoms with E-state index >= 15 is 0 Å². The second-order valence-electron chi connectivity index (χ2n) is 5.25. The number of methoxy groups -OCH3 is 2. The quantitative estimate of drug-likeness (QED) is 0.483. The molecule has 7 nitrogen and oxygen atoms in total. The Morgan fingerprint density at radius 1 is 1.20 bits per heavy atom. The van der Waals surface area contributed by atoms with Crippen molar-refractivity contribution in [3.63, 3.8) is 0 Å². The Morgan fingerprint density at radius 3 is 2.40 bits per heavy atom. The van der Waals surface area contributed by atoms with Crippen LogP contribution in [0.1, 0.15) is 22.2 Å². The number of ether oxygens (including phenoxy) is 3. The van der Waals surface area contributed by atoms with Crippen molar-refractivity contribution in [1.82, 2.24) is 9.97 Å². The molecule has 2 heterocycles. The van der Waals surface area contributed by atoms with Crippen molar-refractivity contribution < 1.29 is 19.0 Å². The molecular formula is C16H22ClN3O4S. The van der Waals surface area contributed by atoms with Crippen LogP contribution in [0.4, 0.5) is 5.82 Å². The largest absolute Gasteiger partial charge is 0.462 e. The van der Waals surface area contributed by atoms with E-state index in [1.807, 2.05) is 11.8 Å². The highest BCUT2D eigenvalue weighted by Crippen LogP contribution is 2.36. The maximum Gasteiger partial charge on any atom is 0.348 e. The van der Waals surface area contributed by atoms with Crippen LogP contribution in [0.5, 0.6) is 0 Å². The first-order valence-corrected chi connectivity index (χ1v) is 9.09. The summed E-state index contributed by atoms with van der Waals surface area (Å²) in [6.07, 6.45) is 0. The molecule has 0 spiro atoms. The van der Waals surface area contributed by atoms with E-state index in [2.05, 4.69) is 9.97 Å². The fourth-order valence-corrected chi connectivity index (χ4v) is 3.72. The van der Waals surface area contributed by atoms with Gasteiger partial charge in [-0.3, -0.25) is 0 Å². The number of hydrogen-bond acceptors (Lipinski definition) is 8. The molecule has 2 rings (SSSR count). The summed E-state index contributed by atoms with van der Waals surface area (Å²) >= 11 is 7.38. The van der Waals surface area contributed by atoms with Crippen molar-refractivity contribution in [2.24, 2.45) is 0 Å². The highest BCUT2D eigenvalue weighted by Gasteiger charge is 2.23. The lowest BCUT2D eigenvalue weighted by atomic mass is 10.2. The van der Waals surface area contributed by atoms with Gasteiger partial charge in [0, 0.05) is 27.3 Å². The molecule has 0 aliphatic heterocycles. The van der Waals surface area contributed by atoms with Crippen LogP contribution in [0.2, 0.25) is 5.28 Å². The number of fused-ring (bicyclic) bond motifs is 1. The average molecular weight is 388 g/mol. The molecule has 0 aliphatic carbocycles. The SMILES string of the molecule is CCOC(=O)c1sc2nc(Cl)nc(N(CCOC)CCOC)c2c1C. The van der Waals surface area contributed by atoms with Crippen molar-refractivity contribution >= 4 is 44.9 Å². The van der Waals surface area contributed by atoms with E-state index in [9.17, 15) is 4.79 Å². The fourth-order valence-electron chi connectivity index (χ4n) is 2.44. The molecule has 0 aliphatic rings. The summed E-state index contributed by atoms with van der Waals surface area (Å²) in [5.41, 5.74) is 0.796. The van der Waals surface area contributed by atoms with Crippen molar-refractivity contribution in [2.75, 3.05) is 52.0 Å². The first kappa shape index (κ1) is 19.8. The lowest BCUT2D eigenvalue weighted by Crippen LogP contribution is -2.31. The number of carbonyl (C=O) groups excluding carboxylic acids is 1. The Labute approximate surface area is 155 Å². The summed E-state index contributed by atoms with van der Waals surface area (Å²) in [6, 6.07) is 0. The number of hydrogen-bond donors (Lipinski definition) is 0. The number of aryl methyl sites for hydroxylation is 1. The number of aromatic nitrogens is 2. The molecule has 0 amide bonds. The van der Waals surface area contributed by atoms with Gasteiger partial charge < -0.3 is 19.1 Å². The Morgan fingerprint density at radius 2 is 1.84 bits per heavy atom. The van der Waals surface area contributed by atoms with E-state index in [0.29, 0.717) is 48.4 Å². The number of thiophene rings is 1. The summed E-state index contributed by atoms with van der Waals surface area (Å²) in [7, 11) is 3.29. The first-order chi connectivity index (χ1) is 12.0. The van der Waals surface area contributed by atoms with Gasteiger partial charge in [0.05, 0.1) is 25.2 Å². The minimum Gasteiger partial charge on any atom is -0.462 e. The summed E-state index contributed by atoms with van der Waals surface area (Å²) in [4.78, 5) is 24.1. The second kappa shape index (κ2) is 9.28. The number of nitrogens with zero attached hydrogens (tertiary/aromatic N) is 3. The molecule has 0 saturated heterocycles. The van der Waals surface area contributed by atoms with Gasteiger partial charge in [-0.1, -0.05) is 0 Å². The molecule has 2 aromatic heterocycles. The smallest absolute Gasteiger partial charge is 0.348 e. The zero-order valence-electron chi connectivity index (χ0n) is 14.8. The van der Waals surface area contributed by atoms with Crippen molar-refractivity contribution in [1.29, 1.82) is 0 Å². The van der Waals surface area contributed by atoms with Gasteiger partial charge in [0.2, 0.25) is 5.28 Å². The third kappa shape index (κ3) is 4.58. The standard InChI is InChI=1S/C16H22ClN3O4S/c1-5-24-15(21)12-10(2)11-13(18-16(17)19-14(11)25-12)20(6-8-22-3)7-9-23-4/h5-9H2,1-4H3. The van der Waals surface area contributed by atoms with Crippen LogP contribution < -0.4 is 4.90 Å². The number of anilines is 1. The van der Waals surface area contributed by atoms with Crippen LogP contribution in [0, 0.1) is 6.92 Å². The molecule has 0 bridgehead atoms. The summed E-state index contributed by atoms with van der Waals surface area (Å²) in [5.74, 6) is 0.318. The minimum atomic E-state index is -0.356. The van der Waals surface area contributed by atoms with E-state index in [-0.39, 0.29) is 11.3 Å². The van der Waals surface area contributed by atoms with Gasteiger partial charge in [-0.15, -0.1) is 11.3 Å². The van der Waals surface area contributed by atoms with Crippen molar-refractivity contribution in [3.05, 3.63) is 15.7 Å². The average Bonchev–Trinajstić information content (AvgIpc) is 2.91. The highest BCUT2D eigenvalue weighted by molar-refractivity contribution is 7.20. The van der Waals surface area contributed by atoms with Gasteiger partial charge in [0.15, 0.2) is 0 Å². The van der Waals surface area contributed by atoms with Crippen LogP contribution >= 0.6 is 22.9 Å². The van der Waals surface area contributed by atoms with Gasteiger partial charge in [-0.25, -0.2) is 9.78 Å². The van der Waals surface area contributed by atoms with Crippen LogP contribution in [-0.4, -0.2) is 63.1 Å². The molecule has 0 radical (unpaired) electrons. The number of rotatable bonds is 9. The van der Waals surface area contributed by atoms with Crippen LogP contribution in [0.3, 0.4) is 0 Å². The fraction of sp³-hybridized carbons (Fsp3) is 0.562. The molecule has 0 saturated carbocycles. The Hall–Kier alpha value is -1.48. The van der Waals surface area contributed by atoms with E-state index in [4.69, 9.17) is 25.8 Å². The lowest BCUT2D eigenvalue weighted by molar-refractivity contribution is 0.0531. The number of esters is 1. The Kier molecular flexibility index (Phi) is 7.37. The van der Waals surface area contributed by atoms with E-state index in [1.165, 1.54) is 11.3 Å². The van der Waals surface area contributed by atoms with Gasteiger partial charge >= 0.3 is 5.97 Å². The number of halogens is 1. The molecule has 25 heavy (non-hydrogen) atoms. The summed E-state index contributed by atoms with van der Waals surface area (Å²) < 4.78 is 15.5. The highest BCUT2D eigenvalue weighted by atomic mass is 35.5. The Balaban J connectivity index is 2.54. The molecule has 0 fully saturated rings. The molecule has 9 heteroatoms. The van der Waals surface area contributed by atoms with E-state index in [1.54, 1.807) is 21.1 Å². The van der Waals surface area contributed by atoms with Gasteiger partial charge in [0.1, 0.15) is 15.5 Å². The van der Waals surface area contributed by atoms with Crippen molar-refractivity contribution in [2.45, 2.75) is 13.8 Å². The van der Waals surface area contributed by atoms with E-state index in [0.717, 1.165) is 10.9 Å². The molecule has 2 aromatic rings. The normalized spacial score (nSPS) is 11.1. The topological polar surface area (TPSA) is 73.8 Å². The molecule has 0 N–H and O–H groups in total. The molecule has 0 aromatic carbocycles. The zero-order valence-corrected chi connectivity index (χ0v) is 16.4. The van der Waals surface area contributed by atoms with E-state index < -0.39 is 0 Å². The van der Waals surface area contributed by atoms with Crippen molar-refractivity contribution in [3.8, 4) is 0 Å². The second-order valence-corrected chi connectivity index (χ2v) is 6.58. The van der Waals surface area contributed by atoms with Crippen LogP contribution in [-0.2, 0) is 14.2 Å². The first-order valence-electron chi connectivity index (χ1n) is 7.90. The van der Waals surface area contributed by atoms with Gasteiger partial charge in [-0.2, -0.15) is 4.98 Å². The third-order valence-electron chi connectivity index (χ3n) is 3.63. The van der Waals surface area contributed by atoms with Crippen LogP contribution in [0.25, 0.3) is 10.2 Å². The summed E-state index contributed by atoms with van der Waals surface area (Å²) in [6.45, 7) is 6.26. The number of carbonyl (C=O) groups is 1. The molecular weight excluding hydrogens is 366 g/mol. The Bertz CT molecular complexity index is 730. The molecule has 0 atom stereocenters. The minimum absolute atomic E-state index is 0.138. The van der Waals surface area contributed by atoms with Gasteiger partial charge in [0.25, 0.3) is 0 Å². The third-order valence-corrected chi connectivity index (χ3v) is 4.97.